The number of aryl methyl sites for hydroxylation is 1. The van der Waals surface area contributed by atoms with Crippen LogP contribution in [0.3, 0.4) is 0 Å². The van der Waals surface area contributed by atoms with Crippen LogP contribution < -0.4 is 10.6 Å². The Kier molecular flexibility index (Phi) is 7.85. The predicted molar refractivity (Wildman–Crippen MR) is 117 cm³/mol. The lowest BCUT2D eigenvalue weighted by molar-refractivity contribution is 0.192. The molecule has 28 heavy (non-hydrogen) atoms. The average Bonchev–Trinajstić information content (AvgIpc) is 2.71. The number of aliphatic imine (C=N–C) groups is 1. The van der Waals surface area contributed by atoms with Crippen LogP contribution in [0.4, 0.5) is 0 Å². The number of hydrogen-bond donors (Lipinski definition) is 2. The molecule has 1 unspecified atom stereocenters. The van der Waals surface area contributed by atoms with Crippen LogP contribution in [-0.4, -0.2) is 48.1 Å². The maximum absolute atomic E-state index is 4.78. The summed E-state index contributed by atoms with van der Waals surface area (Å²) < 4.78 is 0. The molecule has 1 fully saturated rings. The van der Waals surface area contributed by atoms with Gasteiger partial charge in [0, 0.05) is 44.1 Å². The molecular weight excluding hydrogens is 346 g/mol. The molecule has 1 aliphatic rings. The monoisotopic (exact) mass is 379 g/mol. The van der Waals surface area contributed by atoms with Crippen LogP contribution >= 0.6 is 0 Å². The van der Waals surface area contributed by atoms with Crippen molar-refractivity contribution in [2.75, 3.05) is 26.2 Å². The summed E-state index contributed by atoms with van der Waals surface area (Å²) in [6.45, 7) is 9.01. The second-order valence-electron chi connectivity index (χ2n) is 7.52. The van der Waals surface area contributed by atoms with E-state index >= 15 is 0 Å². The Morgan fingerprint density at radius 3 is 2.79 bits per heavy atom. The van der Waals surface area contributed by atoms with Crippen molar-refractivity contribution in [2.45, 2.75) is 45.7 Å². The molecule has 1 saturated heterocycles. The van der Waals surface area contributed by atoms with Gasteiger partial charge in [-0.25, -0.2) is 0 Å². The molecular formula is C23H33N5. The Hall–Kier alpha value is -2.40. The minimum atomic E-state index is 0.441. The van der Waals surface area contributed by atoms with Crippen molar-refractivity contribution >= 4 is 5.96 Å². The Labute approximate surface area is 169 Å². The SMILES string of the molecule is CCNC(=NCCc1ccc(C)nc1)NC1CCCN(Cc2ccccc2)C1. The van der Waals surface area contributed by atoms with Gasteiger partial charge in [-0.05, 0) is 56.8 Å². The highest BCUT2D eigenvalue weighted by atomic mass is 15.2. The molecule has 3 rings (SSSR count). The van der Waals surface area contributed by atoms with Crippen LogP contribution in [0, 0.1) is 6.92 Å². The van der Waals surface area contributed by atoms with E-state index in [0.717, 1.165) is 44.3 Å². The topological polar surface area (TPSA) is 52.6 Å². The van der Waals surface area contributed by atoms with E-state index in [1.807, 2.05) is 13.1 Å². The molecule has 0 spiro atoms. The Bertz CT molecular complexity index is 726. The van der Waals surface area contributed by atoms with Crippen molar-refractivity contribution in [1.29, 1.82) is 0 Å². The average molecular weight is 380 g/mol. The van der Waals surface area contributed by atoms with Gasteiger partial charge in [0.1, 0.15) is 0 Å². The minimum absolute atomic E-state index is 0.441. The largest absolute Gasteiger partial charge is 0.357 e. The van der Waals surface area contributed by atoms with Gasteiger partial charge in [-0.3, -0.25) is 14.9 Å². The first-order valence-electron chi connectivity index (χ1n) is 10.5. The standard InChI is InChI=1S/C23H33N5/c1-3-24-23(25-14-13-20-12-11-19(2)26-16-20)27-22-10-7-15-28(18-22)17-21-8-5-4-6-9-21/h4-6,8-9,11-12,16,22H,3,7,10,13-15,17-18H2,1-2H3,(H2,24,25,27). The van der Waals surface area contributed by atoms with Crippen molar-refractivity contribution in [3.63, 3.8) is 0 Å². The third kappa shape index (κ3) is 6.64. The zero-order valence-electron chi connectivity index (χ0n) is 17.2. The molecule has 1 aromatic heterocycles. The molecule has 0 bridgehead atoms. The molecule has 0 aliphatic carbocycles. The number of rotatable bonds is 7. The molecule has 1 atom stereocenters. The van der Waals surface area contributed by atoms with Crippen molar-refractivity contribution in [1.82, 2.24) is 20.5 Å². The highest BCUT2D eigenvalue weighted by Crippen LogP contribution is 2.13. The van der Waals surface area contributed by atoms with Gasteiger partial charge in [0.2, 0.25) is 0 Å². The van der Waals surface area contributed by atoms with E-state index in [9.17, 15) is 0 Å². The van der Waals surface area contributed by atoms with E-state index in [4.69, 9.17) is 4.99 Å². The first kappa shape index (κ1) is 20.3. The molecule has 2 aromatic rings. The molecule has 1 aliphatic heterocycles. The van der Waals surface area contributed by atoms with Crippen LogP contribution in [0.25, 0.3) is 0 Å². The second-order valence-corrected chi connectivity index (χ2v) is 7.52. The van der Waals surface area contributed by atoms with Crippen molar-refractivity contribution < 1.29 is 0 Å². The maximum Gasteiger partial charge on any atom is 0.191 e. The molecule has 1 aromatic carbocycles. The molecule has 150 valence electrons. The Morgan fingerprint density at radius 2 is 2.04 bits per heavy atom. The lowest BCUT2D eigenvalue weighted by Crippen LogP contribution is -2.51. The van der Waals surface area contributed by atoms with Crippen LogP contribution in [0.2, 0.25) is 0 Å². The molecule has 5 heteroatoms. The number of hydrogen-bond acceptors (Lipinski definition) is 3. The first-order chi connectivity index (χ1) is 13.7. The lowest BCUT2D eigenvalue weighted by Gasteiger charge is -2.34. The molecule has 2 N–H and O–H groups in total. The van der Waals surface area contributed by atoms with Gasteiger partial charge in [0.15, 0.2) is 5.96 Å². The van der Waals surface area contributed by atoms with E-state index in [1.165, 1.54) is 30.5 Å². The van der Waals surface area contributed by atoms with Gasteiger partial charge in [0.25, 0.3) is 0 Å². The summed E-state index contributed by atoms with van der Waals surface area (Å²) in [6.07, 6.45) is 5.28. The van der Waals surface area contributed by atoms with Crippen LogP contribution in [-0.2, 0) is 13.0 Å². The summed E-state index contributed by atoms with van der Waals surface area (Å²) in [5.74, 6) is 0.925. The minimum Gasteiger partial charge on any atom is -0.357 e. The third-order valence-electron chi connectivity index (χ3n) is 5.08. The summed E-state index contributed by atoms with van der Waals surface area (Å²) >= 11 is 0. The zero-order valence-corrected chi connectivity index (χ0v) is 17.2. The Morgan fingerprint density at radius 1 is 1.18 bits per heavy atom. The normalized spacial score (nSPS) is 18.1. The summed E-state index contributed by atoms with van der Waals surface area (Å²) in [5, 5.41) is 7.04. The molecule has 5 nitrogen and oxygen atoms in total. The van der Waals surface area contributed by atoms with Gasteiger partial charge < -0.3 is 10.6 Å². The number of benzene rings is 1. The second kappa shape index (κ2) is 10.8. The number of pyridine rings is 1. The van der Waals surface area contributed by atoms with Gasteiger partial charge >= 0.3 is 0 Å². The highest BCUT2D eigenvalue weighted by molar-refractivity contribution is 5.80. The van der Waals surface area contributed by atoms with Gasteiger partial charge in [-0.2, -0.15) is 0 Å². The maximum atomic E-state index is 4.78. The fraction of sp³-hybridized carbons (Fsp3) is 0.478. The van der Waals surface area contributed by atoms with E-state index < -0.39 is 0 Å². The van der Waals surface area contributed by atoms with E-state index in [1.54, 1.807) is 0 Å². The number of guanidine groups is 1. The third-order valence-corrected chi connectivity index (χ3v) is 5.08. The van der Waals surface area contributed by atoms with E-state index in [0.29, 0.717) is 6.04 Å². The van der Waals surface area contributed by atoms with Crippen LogP contribution in [0.15, 0.2) is 53.7 Å². The number of aromatic nitrogens is 1. The molecule has 0 saturated carbocycles. The number of nitrogens with one attached hydrogen (secondary N) is 2. The van der Waals surface area contributed by atoms with E-state index in [-0.39, 0.29) is 0 Å². The van der Waals surface area contributed by atoms with Crippen molar-refractivity contribution in [2.24, 2.45) is 4.99 Å². The fourth-order valence-corrected chi connectivity index (χ4v) is 3.62. The lowest BCUT2D eigenvalue weighted by atomic mass is 10.0. The molecule has 0 radical (unpaired) electrons. The van der Waals surface area contributed by atoms with Crippen molar-refractivity contribution in [3.8, 4) is 0 Å². The van der Waals surface area contributed by atoms with E-state index in [2.05, 4.69) is 69.9 Å². The highest BCUT2D eigenvalue weighted by Gasteiger charge is 2.20. The summed E-state index contributed by atoms with van der Waals surface area (Å²) in [7, 11) is 0. The number of likely N-dealkylation sites (tertiary alicyclic amines) is 1. The van der Waals surface area contributed by atoms with Crippen LogP contribution in [0.1, 0.15) is 36.6 Å². The molecule has 2 heterocycles. The Balaban J connectivity index is 1.51. The summed E-state index contributed by atoms with van der Waals surface area (Å²) in [4.78, 5) is 11.7. The quantitative estimate of drug-likeness (QED) is 0.573. The first-order valence-corrected chi connectivity index (χ1v) is 10.5. The van der Waals surface area contributed by atoms with Gasteiger partial charge in [0.05, 0.1) is 0 Å². The zero-order chi connectivity index (χ0) is 19.6. The van der Waals surface area contributed by atoms with Gasteiger partial charge in [-0.1, -0.05) is 36.4 Å². The van der Waals surface area contributed by atoms with Crippen molar-refractivity contribution in [3.05, 3.63) is 65.5 Å². The molecule has 0 amide bonds. The van der Waals surface area contributed by atoms with Crippen LogP contribution in [0.5, 0.6) is 0 Å². The van der Waals surface area contributed by atoms with Gasteiger partial charge in [-0.15, -0.1) is 0 Å². The summed E-state index contributed by atoms with van der Waals surface area (Å²) in [5.41, 5.74) is 3.67. The smallest absolute Gasteiger partial charge is 0.191 e. The number of piperidine rings is 1. The fourth-order valence-electron chi connectivity index (χ4n) is 3.62. The number of nitrogens with zero attached hydrogens (tertiary/aromatic N) is 3. The predicted octanol–water partition coefficient (Wildman–Crippen LogP) is 3.15. The summed E-state index contributed by atoms with van der Waals surface area (Å²) in [6, 6.07) is 15.4.